The lowest BCUT2D eigenvalue weighted by Gasteiger charge is -2.30. The lowest BCUT2D eigenvalue weighted by atomic mass is 9.94. The quantitative estimate of drug-likeness (QED) is 0.492. The van der Waals surface area contributed by atoms with Gasteiger partial charge < -0.3 is 9.47 Å². The second-order valence-electron chi connectivity index (χ2n) is 7.38. The maximum atomic E-state index is 13.3. The van der Waals surface area contributed by atoms with E-state index in [1.165, 1.54) is 0 Å². The molecule has 0 atom stereocenters. The molecule has 1 saturated heterocycles. The lowest BCUT2D eigenvalue weighted by Crippen LogP contribution is -2.42. The van der Waals surface area contributed by atoms with Crippen LogP contribution in [0.5, 0.6) is 0 Å². The summed E-state index contributed by atoms with van der Waals surface area (Å²) in [6.45, 7) is 0.405. The van der Waals surface area contributed by atoms with Gasteiger partial charge in [-0.05, 0) is 47.5 Å². The number of Topliss-reactive ketones (excluding diaryl/α,β-unsaturated/α-hetero) is 1. The number of rotatable bonds is 3. The van der Waals surface area contributed by atoms with Crippen molar-refractivity contribution in [1.82, 2.24) is 9.47 Å². The van der Waals surface area contributed by atoms with Gasteiger partial charge in [0, 0.05) is 34.4 Å². The van der Waals surface area contributed by atoms with Crippen LogP contribution in [0.3, 0.4) is 0 Å². The molecule has 2 aromatic carbocycles. The van der Waals surface area contributed by atoms with Crippen LogP contribution in [0, 0.1) is 0 Å². The number of carbonyl (C=O) groups excluding carboxylic acids is 2. The number of benzene rings is 2. The van der Waals surface area contributed by atoms with Gasteiger partial charge in [-0.2, -0.15) is 0 Å². The summed E-state index contributed by atoms with van der Waals surface area (Å²) in [5.74, 6) is -0.258. The normalized spacial score (nSPS) is 16.9. The predicted molar refractivity (Wildman–Crippen MR) is 125 cm³/mol. The van der Waals surface area contributed by atoms with Crippen molar-refractivity contribution < 1.29 is 9.59 Å². The van der Waals surface area contributed by atoms with E-state index in [1.807, 2.05) is 55.7 Å². The van der Waals surface area contributed by atoms with Gasteiger partial charge in [0.25, 0.3) is 5.91 Å². The van der Waals surface area contributed by atoms with Crippen LogP contribution in [-0.2, 0) is 11.8 Å². The highest BCUT2D eigenvalue weighted by Crippen LogP contribution is 2.27. The zero-order chi connectivity index (χ0) is 22.0. The van der Waals surface area contributed by atoms with E-state index < -0.39 is 0 Å². The number of hydrogen-bond acceptors (Lipinski definition) is 2. The van der Waals surface area contributed by atoms with E-state index in [0.717, 1.165) is 11.1 Å². The molecule has 6 heteroatoms. The van der Waals surface area contributed by atoms with Crippen molar-refractivity contribution in [2.45, 2.75) is 0 Å². The Morgan fingerprint density at radius 1 is 0.839 bits per heavy atom. The van der Waals surface area contributed by atoms with Crippen LogP contribution in [0.2, 0.25) is 10.0 Å². The molecule has 0 saturated carbocycles. The van der Waals surface area contributed by atoms with Crippen LogP contribution in [0.4, 0.5) is 0 Å². The molecule has 3 aromatic rings. The summed E-state index contributed by atoms with van der Waals surface area (Å²) < 4.78 is 1.77. The number of amides is 1. The first-order chi connectivity index (χ1) is 14.9. The minimum atomic E-state index is -0.143. The molecule has 31 heavy (non-hydrogen) atoms. The predicted octanol–water partition coefficient (Wildman–Crippen LogP) is 5.52. The van der Waals surface area contributed by atoms with E-state index in [2.05, 4.69) is 0 Å². The van der Waals surface area contributed by atoms with Crippen LogP contribution in [0.15, 0.2) is 78.0 Å². The van der Waals surface area contributed by atoms with Crippen molar-refractivity contribution >= 4 is 47.0 Å². The van der Waals surface area contributed by atoms with Crippen molar-refractivity contribution in [2.24, 2.45) is 7.05 Å². The Morgan fingerprint density at radius 3 is 1.81 bits per heavy atom. The average molecular weight is 451 g/mol. The number of aromatic nitrogens is 1. The standard InChI is InChI=1S/C25H20Cl2N2O2/c1-28-12-6-11-23(28)25(31)29-15-19(13-17-7-2-4-9-21(17)26)24(30)20(16-29)14-18-8-3-5-10-22(18)27/h2-14H,15-16H2,1H3. The first kappa shape index (κ1) is 21.2. The van der Waals surface area contributed by atoms with Crippen molar-refractivity contribution in [1.29, 1.82) is 0 Å². The number of hydrogen-bond donors (Lipinski definition) is 0. The van der Waals surface area contributed by atoms with Crippen LogP contribution >= 0.6 is 23.2 Å². The van der Waals surface area contributed by atoms with E-state index in [4.69, 9.17) is 23.2 Å². The Kier molecular flexibility index (Phi) is 6.12. The molecule has 0 bridgehead atoms. The summed E-state index contributed by atoms with van der Waals surface area (Å²) in [7, 11) is 1.82. The van der Waals surface area contributed by atoms with Crippen LogP contribution in [0.1, 0.15) is 21.6 Å². The van der Waals surface area contributed by atoms with Crippen molar-refractivity contribution in [3.63, 3.8) is 0 Å². The molecule has 1 aromatic heterocycles. The SMILES string of the molecule is Cn1cccc1C(=O)N1CC(=Cc2ccccc2Cl)C(=O)C(=Cc2ccccc2Cl)C1. The summed E-state index contributed by atoms with van der Waals surface area (Å²) >= 11 is 12.6. The highest BCUT2D eigenvalue weighted by atomic mass is 35.5. The summed E-state index contributed by atoms with van der Waals surface area (Å²) in [4.78, 5) is 28.2. The Hall–Kier alpha value is -3.08. The molecule has 4 nitrogen and oxygen atoms in total. The van der Waals surface area contributed by atoms with Gasteiger partial charge in [-0.1, -0.05) is 59.6 Å². The fourth-order valence-corrected chi connectivity index (χ4v) is 3.97. The Balaban J connectivity index is 1.77. The van der Waals surface area contributed by atoms with Crippen LogP contribution in [0.25, 0.3) is 12.2 Å². The van der Waals surface area contributed by atoms with Crippen LogP contribution < -0.4 is 0 Å². The zero-order valence-corrected chi connectivity index (χ0v) is 18.4. The third-order valence-electron chi connectivity index (χ3n) is 5.23. The third kappa shape index (κ3) is 4.50. The molecule has 1 amide bonds. The maximum Gasteiger partial charge on any atom is 0.271 e. The van der Waals surface area contributed by atoms with Gasteiger partial charge in [-0.15, -0.1) is 0 Å². The molecule has 0 N–H and O–H groups in total. The fourth-order valence-electron chi connectivity index (χ4n) is 3.59. The van der Waals surface area contributed by atoms with Gasteiger partial charge in [0.1, 0.15) is 5.69 Å². The topological polar surface area (TPSA) is 42.3 Å². The second kappa shape index (κ2) is 8.96. The minimum absolute atomic E-state index is 0.115. The summed E-state index contributed by atoms with van der Waals surface area (Å²) in [5, 5.41) is 1.09. The molecule has 0 unspecified atom stereocenters. The number of ketones is 1. The Bertz CT molecular complexity index is 1160. The van der Waals surface area contributed by atoms with Crippen molar-refractivity contribution in [2.75, 3.05) is 13.1 Å². The monoisotopic (exact) mass is 450 g/mol. The third-order valence-corrected chi connectivity index (χ3v) is 5.91. The highest BCUT2D eigenvalue weighted by Gasteiger charge is 2.30. The summed E-state index contributed by atoms with van der Waals surface area (Å²) in [6.07, 6.45) is 5.34. The average Bonchev–Trinajstić information content (AvgIpc) is 3.19. The smallest absolute Gasteiger partial charge is 0.271 e. The van der Waals surface area contributed by atoms with Gasteiger partial charge in [0.15, 0.2) is 5.78 Å². The summed E-state index contributed by atoms with van der Waals surface area (Å²) in [6, 6.07) is 18.2. The molecule has 1 aliphatic rings. The zero-order valence-electron chi connectivity index (χ0n) is 16.9. The minimum Gasteiger partial charge on any atom is -0.347 e. The van der Waals surface area contributed by atoms with E-state index in [9.17, 15) is 9.59 Å². The molecule has 0 spiro atoms. The number of carbonyl (C=O) groups is 2. The molecule has 2 heterocycles. The fraction of sp³-hybridized carbons (Fsp3) is 0.120. The number of nitrogens with zero attached hydrogens (tertiary/aromatic N) is 2. The van der Waals surface area contributed by atoms with E-state index in [1.54, 1.807) is 39.8 Å². The first-order valence-corrected chi connectivity index (χ1v) is 10.5. The van der Waals surface area contributed by atoms with Crippen molar-refractivity contribution in [3.05, 3.63) is 105 Å². The Morgan fingerprint density at radius 2 is 1.35 bits per heavy atom. The number of likely N-dealkylation sites (tertiary alicyclic amines) is 1. The van der Waals surface area contributed by atoms with Crippen molar-refractivity contribution in [3.8, 4) is 0 Å². The largest absolute Gasteiger partial charge is 0.347 e. The molecule has 1 aliphatic heterocycles. The van der Waals surface area contributed by atoms with Gasteiger partial charge in [0.05, 0.1) is 13.1 Å². The second-order valence-corrected chi connectivity index (χ2v) is 8.19. The molecular weight excluding hydrogens is 431 g/mol. The Labute approximate surface area is 191 Å². The molecule has 0 aliphatic carbocycles. The number of halogens is 2. The van der Waals surface area contributed by atoms with Crippen LogP contribution in [-0.4, -0.2) is 34.2 Å². The maximum absolute atomic E-state index is 13.3. The van der Waals surface area contributed by atoms with Gasteiger partial charge >= 0.3 is 0 Å². The van der Waals surface area contributed by atoms with E-state index in [0.29, 0.717) is 26.9 Å². The van der Waals surface area contributed by atoms with E-state index >= 15 is 0 Å². The number of piperidine rings is 1. The van der Waals surface area contributed by atoms with Gasteiger partial charge in [-0.3, -0.25) is 9.59 Å². The molecule has 1 fully saturated rings. The first-order valence-electron chi connectivity index (χ1n) is 9.79. The number of aryl methyl sites for hydroxylation is 1. The highest BCUT2D eigenvalue weighted by molar-refractivity contribution is 6.33. The van der Waals surface area contributed by atoms with Gasteiger partial charge in [-0.25, -0.2) is 0 Å². The van der Waals surface area contributed by atoms with Gasteiger partial charge in [0.2, 0.25) is 0 Å². The van der Waals surface area contributed by atoms with E-state index in [-0.39, 0.29) is 24.8 Å². The summed E-state index contributed by atoms with van der Waals surface area (Å²) in [5.41, 5.74) is 3.03. The molecule has 0 radical (unpaired) electrons. The molecule has 156 valence electrons. The molecular formula is C25H20Cl2N2O2. The molecule has 4 rings (SSSR count). The lowest BCUT2D eigenvalue weighted by molar-refractivity contribution is -0.113.